The molecule has 0 aliphatic rings. The number of nitrogens with zero attached hydrogens (tertiary/aromatic N) is 1. The average Bonchev–Trinajstić information content (AvgIpc) is 2.68. The molecule has 0 bridgehead atoms. The van der Waals surface area contributed by atoms with Crippen LogP contribution in [0.2, 0.25) is 0 Å². The third-order valence-electron chi connectivity index (χ3n) is 2.53. The summed E-state index contributed by atoms with van der Waals surface area (Å²) in [6.45, 7) is 3.80. The first kappa shape index (κ1) is 16.6. The third kappa shape index (κ3) is 4.01. The summed E-state index contributed by atoms with van der Waals surface area (Å²) < 4.78 is 27.1. The van der Waals surface area contributed by atoms with Crippen LogP contribution in [0, 0.1) is 6.92 Å². The average molecular weight is 369 g/mol. The Balaban J connectivity index is 3.12. The Bertz CT molecular complexity index is 554. The van der Waals surface area contributed by atoms with Gasteiger partial charge >= 0.3 is 0 Å². The molecule has 0 saturated heterocycles. The summed E-state index contributed by atoms with van der Waals surface area (Å²) in [6.07, 6.45) is 0.653. The number of carbonyl (C=O) groups is 1. The maximum absolute atomic E-state index is 12.5. The molecule has 1 amide bonds. The number of rotatable bonds is 6. The second-order valence-electron chi connectivity index (χ2n) is 3.98. The van der Waals surface area contributed by atoms with E-state index in [0.717, 1.165) is 3.79 Å². The van der Waals surface area contributed by atoms with Gasteiger partial charge in [0, 0.05) is 18.5 Å². The smallest absolute Gasteiger partial charge is 0.244 e. The first-order valence-corrected chi connectivity index (χ1v) is 8.84. The minimum absolute atomic E-state index is 0.153. The van der Waals surface area contributed by atoms with Crippen molar-refractivity contribution in [3.63, 3.8) is 0 Å². The zero-order valence-corrected chi connectivity index (χ0v) is 14.3. The highest BCUT2D eigenvalue weighted by molar-refractivity contribution is 9.11. The number of aryl methyl sites for hydroxylation is 1. The SMILES string of the molecule is CCCN(CC(=O)NC)S(=O)(=O)c1cc(Br)sc1C. The lowest BCUT2D eigenvalue weighted by atomic mass is 10.4. The Kier molecular flexibility index (Phi) is 5.97. The molecule has 0 unspecified atom stereocenters. The lowest BCUT2D eigenvalue weighted by Gasteiger charge is -2.20. The van der Waals surface area contributed by atoms with Crippen molar-refractivity contribution in [2.45, 2.75) is 25.2 Å². The van der Waals surface area contributed by atoms with Gasteiger partial charge in [0.15, 0.2) is 0 Å². The monoisotopic (exact) mass is 368 g/mol. The van der Waals surface area contributed by atoms with E-state index in [1.54, 1.807) is 13.0 Å². The first-order chi connectivity index (χ1) is 8.82. The van der Waals surface area contributed by atoms with Crippen LogP contribution < -0.4 is 5.32 Å². The lowest BCUT2D eigenvalue weighted by molar-refractivity contribution is -0.120. The van der Waals surface area contributed by atoms with Gasteiger partial charge in [-0.15, -0.1) is 11.3 Å². The Morgan fingerprint density at radius 2 is 2.16 bits per heavy atom. The number of halogens is 1. The number of thiophene rings is 1. The second-order valence-corrected chi connectivity index (χ2v) is 8.52. The van der Waals surface area contributed by atoms with Crippen molar-refractivity contribution in [3.05, 3.63) is 14.7 Å². The normalized spacial score (nSPS) is 11.8. The van der Waals surface area contributed by atoms with Gasteiger partial charge < -0.3 is 5.32 Å². The quantitative estimate of drug-likeness (QED) is 0.834. The number of sulfonamides is 1. The van der Waals surface area contributed by atoms with E-state index in [-0.39, 0.29) is 17.3 Å². The molecule has 0 aromatic carbocycles. The van der Waals surface area contributed by atoms with Gasteiger partial charge in [-0.05, 0) is 35.3 Å². The van der Waals surface area contributed by atoms with Gasteiger partial charge in [0.25, 0.3) is 0 Å². The van der Waals surface area contributed by atoms with Crippen molar-refractivity contribution in [1.82, 2.24) is 9.62 Å². The van der Waals surface area contributed by atoms with E-state index in [1.807, 2.05) is 6.92 Å². The summed E-state index contributed by atoms with van der Waals surface area (Å²) >= 11 is 4.65. The van der Waals surface area contributed by atoms with Crippen LogP contribution in [0.4, 0.5) is 0 Å². The fourth-order valence-corrected chi connectivity index (χ4v) is 5.47. The van der Waals surface area contributed by atoms with E-state index in [9.17, 15) is 13.2 Å². The zero-order chi connectivity index (χ0) is 14.6. The van der Waals surface area contributed by atoms with Crippen LogP contribution in [0.3, 0.4) is 0 Å². The minimum atomic E-state index is -3.63. The van der Waals surface area contributed by atoms with Crippen LogP contribution >= 0.6 is 27.3 Å². The molecule has 0 atom stereocenters. The largest absolute Gasteiger partial charge is 0.358 e. The molecule has 108 valence electrons. The minimum Gasteiger partial charge on any atom is -0.358 e. The molecule has 1 aromatic rings. The Morgan fingerprint density at radius 1 is 1.53 bits per heavy atom. The van der Waals surface area contributed by atoms with Gasteiger partial charge in [-0.3, -0.25) is 4.79 Å². The van der Waals surface area contributed by atoms with Crippen molar-refractivity contribution < 1.29 is 13.2 Å². The molecule has 0 aliphatic heterocycles. The van der Waals surface area contributed by atoms with Crippen molar-refractivity contribution in [1.29, 1.82) is 0 Å². The van der Waals surface area contributed by atoms with Crippen molar-refractivity contribution in [3.8, 4) is 0 Å². The highest BCUT2D eigenvalue weighted by Crippen LogP contribution is 2.31. The summed E-state index contributed by atoms with van der Waals surface area (Å²) in [5.74, 6) is -0.316. The predicted octanol–water partition coefficient (Wildman–Crippen LogP) is 1.97. The number of hydrogen-bond acceptors (Lipinski definition) is 4. The molecule has 1 heterocycles. The number of nitrogens with one attached hydrogen (secondary N) is 1. The molecular weight excluding hydrogens is 352 g/mol. The standard InChI is InChI=1S/C11H17BrN2O3S2/c1-4-5-14(7-11(15)13-3)19(16,17)9-6-10(12)18-8(9)2/h6H,4-5,7H2,1-3H3,(H,13,15). The van der Waals surface area contributed by atoms with Crippen LogP contribution in [-0.2, 0) is 14.8 Å². The van der Waals surface area contributed by atoms with Gasteiger partial charge in [-0.25, -0.2) is 8.42 Å². The Labute approximate surface area is 126 Å². The van der Waals surface area contributed by atoms with Crippen LogP contribution in [0.15, 0.2) is 14.7 Å². The van der Waals surface area contributed by atoms with E-state index in [4.69, 9.17) is 0 Å². The molecular formula is C11H17BrN2O3S2. The van der Waals surface area contributed by atoms with Crippen molar-refractivity contribution in [2.24, 2.45) is 0 Å². The third-order valence-corrected chi connectivity index (χ3v) is 6.19. The molecule has 1 rings (SSSR count). The van der Waals surface area contributed by atoms with Crippen LogP contribution in [0.1, 0.15) is 18.2 Å². The summed E-state index contributed by atoms with van der Waals surface area (Å²) in [7, 11) is -2.13. The lowest BCUT2D eigenvalue weighted by Crippen LogP contribution is -2.40. The molecule has 8 heteroatoms. The molecule has 0 aliphatic carbocycles. The summed E-state index contributed by atoms with van der Waals surface area (Å²) in [5, 5.41) is 2.45. The Hall–Kier alpha value is -0.440. The molecule has 0 saturated carbocycles. The highest BCUT2D eigenvalue weighted by Gasteiger charge is 2.28. The van der Waals surface area contributed by atoms with Crippen LogP contribution in [0.5, 0.6) is 0 Å². The van der Waals surface area contributed by atoms with E-state index >= 15 is 0 Å². The van der Waals surface area contributed by atoms with E-state index in [0.29, 0.717) is 17.8 Å². The maximum Gasteiger partial charge on any atom is 0.244 e. The molecule has 5 nitrogen and oxygen atoms in total. The van der Waals surface area contributed by atoms with Crippen molar-refractivity contribution in [2.75, 3.05) is 20.1 Å². The first-order valence-electron chi connectivity index (χ1n) is 5.79. The molecule has 0 fully saturated rings. The fraction of sp³-hybridized carbons (Fsp3) is 0.545. The van der Waals surface area contributed by atoms with E-state index < -0.39 is 10.0 Å². The number of amides is 1. The van der Waals surface area contributed by atoms with Gasteiger partial charge in [0.1, 0.15) is 0 Å². The van der Waals surface area contributed by atoms with Gasteiger partial charge in [0.05, 0.1) is 15.2 Å². The molecule has 1 N–H and O–H groups in total. The summed E-state index contributed by atoms with van der Waals surface area (Å²) in [6, 6.07) is 1.59. The number of carbonyl (C=O) groups excluding carboxylic acids is 1. The highest BCUT2D eigenvalue weighted by atomic mass is 79.9. The number of likely N-dealkylation sites (N-methyl/N-ethyl adjacent to an activating group) is 1. The van der Waals surface area contributed by atoms with E-state index in [2.05, 4.69) is 21.2 Å². The molecule has 0 radical (unpaired) electrons. The zero-order valence-electron chi connectivity index (χ0n) is 11.1. The predicted molar refractivity (Wildman–Crippen MR) is 79.9 cm³/mol. The molecule has 0 spiro atoms. The summed E-state index contributed by atoms with van der Waals surface area (Å²) in [5.41, 5.74) is 0. The summed E-state index contributed by atoms with van der Waals surface area (Å²) in [4.78, 5) is 12.4. The maximum atomic E-state index is 12.5. The number of hydrogen-bond donors (Lipinski definition) is 1. The van der Waals surface area contributed by atoms with E-state index in [1.165, 1.54) is 22.7 Å². The topological polar surface area (TPSA) is 66.5 Å². The van der Waals surface area contributed by atoms with Gasteiger partial charge in [-0.1, -0.05) is 6.92 Å². The van der Waals surface area contributed by atoms with Gasteiger partial charge in [0.2, 0.25) is 15.9 Å². The molecule has 19 heavy (non-hydrogen) atoms. The van der Waals surface area contributed by atoms with Crippen LogP contribution in [0.25, 0.3) is 0 Å². The second kappa shape index (κ2) is 6.83. The fourth-order valence-electron chi connectivity index (χ4n) is 1.60. The van der Waals surface area contributed by atoms with Crippen LogP contribution in [-0.4, -0.2) is 38.8 Å². The molecule has 1 aromatic heterocycles. The van der Waals surface area contributed by atoms with Crippen molar-refractivity contribution >= 4 is 43.2 Å². The Morgan fingerprint density at radius 3 is 2.58 bits per heavy atom. The van der Waals surface area contributed by atoms with Gasteiger partial charge in [-0.2, -0.15) is 4.31 Å².